The van der Waals surface area contributed by atoms with Crippen LogP contribution < -0.4 is 4.90 Å². The number of hydrogen-bond donors (Lipinski definition) is 0. The summed E-state index contributed by atoms with van der Waals surface area (Å²) in [6.07, 6.45) is 1.72. The van der Waals surface area contributed by atoms with Crippen LogP contribution in [0.5, 0.6) is 0 Å². The first kappa shape index (κ1) is 24.2. The van der Waals surface area contributed by atoms with Crippen molar-refractivity contribution in [1.29, 1.82) is 0 Å². The third-order valence-corrected chi connectivity index (χ3v) is 4.79. The molecule has 2 aliphatic heterocycles. The molecule has 3 heterocycles. The lowest BCUT2D eigenvalue weighted by Crippen LogP contribution is -2.71. The van der Waals surface area contributed by atoms with Crippen LogP contribution in [0.15, 0.2) is 18.3 Å². The molecule has 0 radical (unpaired) electrons. The van der Waals surface area contributed by atoms with Crippen molar-refractivity contribution in [2.75, 3.05) is 38.3 Å². The molecule has 2 fully saturated rings. The molecule has 0 atom stereocenters. The topological polar surface area (TPSA) is 45.7 Å². The Hall–Kier alpha value is -0.820. The first-order valence-corrected chi connectivity index (χ1v) is 12.6. The maximum Gasteiger partial charge on any atom is 0.241 e. The number of amides is 1. The van der Waals surface area contributed by atoms with Crippen LogP contribution in [0.25, 0.3) is 0 Å². The molecule has 3 rings (SSSR count). The summed E-state index contributed by atoms with van der Waals surface area (Å²) in [5.74, 6) is 3.87. The highest BCUT2D eigenvalue weighted by atomic mass is 127. The molecule has 1 aromatic rings. The van der Waals surface area contributed by atoms with Crippen molar-refractivity contribution in [3.05, 3.63) is 24.0 Å². The van der Waals surface area contributed by atoms with E-state index in [2.05, 4.69) is 63.0 Å². The van der Waals surface area contributed by atoms with Crippen molar-refractivity contribution in [3.63, 3.8) is 0 Å². The Balaban J connectivity index is 0.000000541. The SMILES string of the molecule is CC.CC(C)C.CN1CC(=O)N(c2ccc(C#CSI)nc2)CC12COC2. The number of hydrogen-bond acceptors (Lipinski definition) is 5. The number of piperazine rings is 1. The van der Waals surface area contributed by atoms with E-state index in [1.54, 1.807) is 11.1 Å². The largest absolute Gasteiger partial charge is 0.377 e. The summed E-state index contributed by atoms with van der Waals surface area (Å²) in [7, 11) is 3.41. The molecule has 150 valence electrons. The van der Waals surface area contributed by atoms with E-state index in [1.165, 1.54) is 8.93 Å². The zero-order chi connectivity index (χ0) is 20.4. The van der Waals surface area contributed by atoms with Crippen LogP contribution in [0.1, 0.15) is 40.3 Å². The maximum atomic E-state index is 12.3. The van der Waals surface area contributed by atoms with Gasteiger partial charge >= 0.3 is 0 Å². The minimum absolute atomic E-state index is 0.0375. The predicted molar refractivity (Wildman–Crippen MR) is 123 cm³/mol. The number of halogens is 1. The lowest BCUT2D eigenvalue weighted by Gasteiger charge is -2.53. The molecule has 0 aliphatic carbocycles. The minimum Gasteiger partial charge on any atom is -0.377 e. The highest BCUT2D eigenvalue weighted by Crippen LogP contribution is 2.31. The summed E-state index contributed by atoms with van der Waals surface area (Å²) >= 11 is 2.12. The maximum absolute atomic E-state index is 12.3. The fourth-order valence-electron chi connectivity index (χ4n) is 2.54. The van der Waals surface area contributed by atoms with Crippen LogP contribution in [-0.4, -0.2) is 54.7 Å². The van der Waals surface area contributed by atoms with E-state index in [0.717, 1.165) is 11.6 Å². The lowest BCUT2D eigenvalue weighted by molar-refractivity contribution is -0.151. The number of nitrogens with zero attached hydrogens (tertiary/aromatic N) is 3. The molecule has 0 unspecified atom stereocenters. The standard InChI is InChI=1S/C14H14IN3O2S.C4H10.C2H6/c1-17-7-13(19)18(8-14(17)9-20-10-14)12-3-2-11(16-6-12)4-5-21-15;1-4(2)3;1-2/h2-3,6H,7-10H2,1H3;4H,1-3H3;1-2H3. The highest BCUT2D eigenvalue weighted by molar-refractivity contribution is 14.2. The van der Waals surface area contributed by atoms with E-state index in [9.17, 15) is 4.79 Å². The average Bonchev–Trinajstić information content (AvgIpc) is 2.61. The van der Waals surface area contributed by atoms with Crippen LogP contribution in [0.2, 0.25) is 0 Å². The Labute approximate surface area is 180 Å². The van der Waals surface area contributed by atoms with E-state index < -0.39 is 0 Å². The van der Waals surface area contributed by atoms with Crippen LogP contribution in [0.3, 0.4) is 0 Å². The summed E-state index contributed by atoms with van der Waals surface area (Å²) in [5, 5.41) is 2.90. The number of carbonyl (C=O) groups excluding carboxylic acids is 1. The van der Waals surface area contributed by atoms with Crippen LogP contribution in [0, 0.1) is 17.1 Å². The zero-order valence-corrected chi connectivity index (χ0v) is 20.1. The van der Waals surface area contributed by atoms with Crippen LogP contribution >= 0.6 is 30.1 Å². The summed E-state index contributed by atoms with van der Waals surface area (Å²) < 4.78 is 5.35. The molecule has 1 spiro atoms. The van der Waals surface area contributed by atoms with Crippen molar-refractivity contribution < 1.29 is 9.53 Å². The Morgan fingerprint density at radius 3 is 2.37 bits per heavy atom. The van der Waals surface area contributed by atoms with E-state index in [1.807, 2.05) is 33.0 Å². The van der Waals surface area contributed by atoms with Gasteiger partial charge in [0, 0.05) is 27.8 Å². The molecule has 1 amide bonds. The molecule has 5 nitrogen and oxygen atoms in total. The van der Waals surface area contributed by atoms with Gasteiger partial charge in [-0.2, -0.15) is 0 Å². The van der Waals surface area contributed by atoms with Gasteiger partial charge in [-0.3, -0.25) is 9.69 Å². The van der Waals surface area contributed by atoms with Gasteiger partial charge in [-0.05, 0) is 45.2 Å². The van der Waals surface area contributed by atoms with Crippen molar-refractivity contribution in [3.8, 4) is 11.2 Å². The van der Waals surface area contributed by atoms with Gasteiger partial charge in [0.05, 0.1) is 37.2 Å². The first-order chi connectivity index (χ1) is 12.9. The molecule has 7 heteroatoms. The quantitative estimate of drug-likeness (QED) is 0.425. The summed E-state index contributed by atoms with van der Waals surface area (Å²) in [4.78, 5) is 20.5. The zero-order valence-electron chi connectivity index (χ0n) is 17.1. The normalized spacial score (nSPS) is 17.8. The van der Waals surface area contributed by atoms with Crippen molar-refractivity contribution >= 4 is 41.7 Å². The van der Waals surface area contributed by atoms with Crippen LogP contribution in [0.4, 0.5) is 5.69 Å². The fraction of sp³-hybridized carbons (Fsp3) is 0.600. The predicted octanol–water partition coefficient (Wildman–Crippen LogP) is 4.21. The molecule has 0 aromatic carbocycles. The second kappa shape index (κ2) is 11.9. The number of carbonyl (C=O) groups is 1. The van der Waals surface area contributed by atoms with Crippen molar-refractivity contribution in [2.45, 2.75) is 40.2 Å². The molecule has 0 bridgehead atoms. The number of rotatable bonds is 1. The average molecular weight is 503 g/mol. The summed E-state index contributed by atoms with van der Waals surface area (Å²) in [6.45, 7) is 12.9. The van der Waals surface area contributed by atoms with Gasteiger partial charge in [0.15, 0.2) is 0 Å². The second-order valence-electron chi connectivity index (χ2n) is 6.99. The molecule has 27 heavy (non-hydrogen) atoms. The summed E-state index contributed by atoms with van der Waals surface area (Å²) in [6, 6.07) is 3.76. The number of ether oxygens (including phenoxy) is 1. The molecule has 2 aliphatic rings. The van der Waals surface area contributed by atoms with Gasteiger partial charge in [0.1, 0.15) is 5.69 Å². The van der Waals surface area contributed by atoms with E-state index >= 15 is 0 Å². The summed E-state index contributed by atoms with van der Waals surface area (Å²) in [5.41, 5.74) is 1.50. The Morgan fingerprint density at radius 1 is 1.30 bits per heavy atom. The Kier molecular flexibility index (Phi) is 10.7. The van der Waals surface area contributed by atoms with E-state index in [0.29, 0.717) is 32.0 Å². The minimum atomic E-state index is -0.0375. The lowest BCUT2D eigenvalue weighted by atomic mass is 9.92. The third-order valence-electron chi connectivity index (χ3n) is 3.95. The molecular weight excluding hydrogens is 473 g/mol. The van der Waals surface area contributed by atoms with Crippen molar-refractivity contribution in [1.82, 2.24) is 9.88 Å². The third kappa shape index (κ3) is 6.93. The number of likely N-dealkylation sites (N-methyl/N-ethyl adjacent to an activating group) is 1. The van der Waals surface area contributed by atoms with Gasteiger partial charge in [0.25, 0.3) is 0 Å². The van der Waals surface area contributed by atoms with Gasteiger partial charge in [-0.15, -0.1) is 0 Å². The van der Waals surface area contributed by atoms with E-state index in [-0.39, 0.29) is 11.4 Å². The van der Waals surface area contributed by atoms with Crippen LogP contribution in [-0.2, 0) is 9.53 Å². The number of aromatic nitrogens is 1. The van der Waals surface area contributed by atoms with Gasteiger partial charge in [-0.1, -0.05) is 34.6 Å². The molecule has 0 N–H and O–H groups in total. The molecule has 2 saturated heterocycles. The van der Waals surface area contributed by atoms with Crippen molar-refractivity contribution in [2.24, 2.45) is 5.92 Å². The smallest absolute Gasteiger partial charge is 0.241 e. The van der Waals surface area contributed by atoms with Gasteiger partial charge < -0.3 is 9.64 Å². The van der Waals surface area contributed by atoms with Gasteiger partial charge in [0.2, 0.25) is 5.91 Å². The van der Waals surface area contributed by atoms with E-state index in [4.69, 9.17) is 4.74 Å². The first-order valence-electron chi connectivity index (χ1n) is 9.22. The monoisotopic (exact) mass is 503 g/mol. The molecule has 1 aromatic heterocycles. The number of pyridine rings is 1. The fourth-order valence-corrected chi connectivity index (χ4v) is 3.01. The Morgan fingerprint density at radius 2 is 1.93 bits per heavy atom. The number of anilines is 1. The highest BCUT2D eigenvalue weighted by Gasteiger charge is 2.48. The second-order valence-corrected chi connectivity index (χ2v) is 8.67. The van der Waals surface area contributed by atoms with Gasteiger partial charge in [-0.25, -0.2) is 4.98 Å². The molecular formula is C20H30IN3O2S. The Bertz CT molecular complexity index is 649. The molecule has 0 saturated carbocycles.